The molecule has 0 unspecified atom stereocenters. The van der Waals surface area contributed by atoms with Crippen LogP contribution in [0, 0.1) is 0 Å². The van der Waals surface area contributed by atoms with Crippen LogP contribution in [0.25, 0.3) is 22.4 Å². The minimum atomic E-state index is -0.463. The number of halogens is 1. The van der Waals surface area contributed by atoms with E-state index in [0.29, 0.717) is 22.3 Å². The highest BCUT2D eigenvalue weighted by Gasteiger charge is 2.12. The minimum absolute atomic E-state index is 0.185. The molecule has 0 spiro atoms. The van der Waals surface area contributed by atoms with E-state index in [-0.39, 0.29) is 6.61 Å². The first-order valence-corrected chi connectivity index (χ1v) is 7.52. The lowest BCUT2D eigenvalue weighted by molar-refractivity contribution is -0.142. The van der Waals surface area contributed by atoms with E-state index in [9.17, 15) is 4.79 Å². The molecule has 3 rings (SSSR count). The van der Waals surface area contributed by atoms with Crippen LogP contribution in [0.15, 0.2) is 36.4 Å². The van der Waals surface area contributed by atoms with E-state index in [4.69, 9.17) is 21.1 Å². The van der Waals surface area contributed by atoms with Gasteiger partial charge in [-0.05, 0) is 36.4 Å². The molecule has 0 saturated carbocycles. The second kappa shape index (κ2) is 6.80. The Kier molecular flexibility index (Phi) is 4.57. The first-order chi connectivity index (χ1) is 11.6. The second-order valence-corrected chi connectivity index (χ2v) is 5.41. The molecule has 124 valence electrons. The number of ether oxygens (including phenoxy) is 3. The number of rotatable bonds is 5. The molecule has 0 atom stereocenters. The van der Waals surface area contributed by atoms with Crippen molar-refractivity contribution in [2.24, 2.45) is 0 Å². The van der Waals surface area contributed by atoms with Gasteiger partial charge in [0.15, 0.2) is 18.1 Å². The first-order valence-electron chi connectivity index (χ1n) is 7.14. The molecule has 24 heavy (non-hydrogen) atoms. The van der Waals surface area contributed by atoms with Gasteiger partial charge in [-0.15, -0.1) is 0 Å². The molecule has 0 aliphatic carbocycles. The number of carbonyl (C=O) groups is 1. The van der Waals surface area contributed by atoms with Crippen molar-refractivity contribution in [2.45, 2.75) is 0 Å². The summed E-state index contributed by atoms with van der Waals surface area (Å²) in [5.41, 5.74) is 2.49. The number of methoxy groups -OCH3 is 2. The van der Waals surface area contributed by atoms with Gasteiger partial charge in [0.1, 0.15) is 5.82 Å². The normalized spacial score (nSPS) is 10.6. The second-order valence-electron chi connectivity index (χ2n) is 4.98. The predicted octanol–water partition coefficient (Wildman–Crippen LogP) is 3.44. The van der Waals surface area contributed by atoms with Crippen LogP contribution in [0.2, 0.25) is 5.02 Å². The van der Waals surface area contributed by atoms with Crippen LogP contribution in [0.5, 0.6) is 11.5 Å². The minimum Gasteiger partial charge on any atom is -0.493 e. The summed E-state index contributed by atoms with van der Waals surface area (Å²) in [6, 6.07) is 10.8. The number of H-pyrrole nitrogens is 1. The fraction of sp³-hybridized carbons (Fsp3) is 0.176. The average Bonchev–Trinajstić information content (AvgIpc) is 3.02. The van der Waals surface area contributed by atoms with E-state index in [1.807, 2.05) is 18.2 Å². The summed E-state index contributed by atoms with van der Waals surface area (Å²) < 4.78 is 15.3. The van der Waals surface area contributed by atoms with Gasteiger partial charge >= 0.3 is 5.97 Å². The van der Waals surface area contributed by atoms with Crippen molar-refractivity contribution in [3.63, 3.8) is 0 Å². The van der Waals surface area contributed by atoms with E-state index in [0.717, 1.165) is 16.6 Å². The Morgan fingerprint density at radius 2 is 2.00 bits per heavy atom. The van der Waals surface area contributed by atoms with E-state index in [1.165, 1.54) is 14.2 Å². The Bertz CT molecular complexity index is 891. The summed E-state index contributed by atoms with van der Waals surface area (Å²) in [5.74, 6) is 1.17. The highest BCUT2D eigenvalue weighted by atomic mass is 35.5. The van der Waals surface area contributed by atoms with Gasteiger partial charge in [0.2, 0.25) is 0 Å². The lowest BCUT2D eigenvalue weighted by atomic mass is 10.2. The number of benzene rings is 2. The monoisotopic (exact) mass is 346 g/mol. The molecular weight excluding hydrogens is 332 g/mol. The van der Waals surface area contributed by atoms with Gasteiger partial charge < -0.3 is 19.2 Å². The molecular formula is C17H15ClN2O4. The van der Waals surface area contributed by atoms with Crippen LogP contribution in [-0.2, 0) is 9.53 Å². The Morgan fingerprint density at radius 1 is 1.17 bits per heavy atom. The standard InChI is InChI=1S/C17H15ClN2O4/c1-22-15-7-10(3-6-14(15)24-9-16(21)23-2)17-19-12-5-4-11(18)8-13(12)20-17/h3-8H,9H2,1-2H3,(H,19,20). The van der Waals surface area contributed by atoms with Crippen molar-refractivity contribution < 1.29 is 19.0 Å². The third-order valence-corrected chi connectivity index (χ3v) is 3.69. The third kappa shape index (κ3) is 3.28. The highest BCUT2D eigenvalue weighted by molar-refractivity contribution is 6.31. The van der Waals surface area contributed by atoms with E-state index < -0.39 is 5.97 Å². The van der Waals surface area contributed by atoms with Crippen molar-refractivity contribution in [1.82, 2.24) is 9.97 Å². The maximum absolute atomic E-state index is 11.2. The van der Waals surface area contributed by atoms with Crippen LogP contribution in [0.4, 0.5) is 0 Å². The van der Waals surface area contributed by atoms with Crippen LogP contribution in [-0.4, -0.2) is 36.8 Å². The lowest BCUT2D eigenvalue weighted by Crippen LogP contribution is -2.12. The van der Waals surface area contributed by atoms with Crippen molar-refractivity contribution in [2.75, 3.05) is 20.8 Å². The fourth-order valence-electron chi connectivity index (χ4n) is 2.25. The van der Waals surface area contributed by atoms with Crippen LogP contribution in [0.1, 0.15) is 0 Å². The molecule has 0 fully saturated rings. The maximum atomic E-state index is 11.2. The number of imidazole rings is 1. The molecule has 0 bridgehead atoms. The van der Waals surface area contributed by atoms with Gasteiger partial charge in [-0.1, -0.05) is 11.6 Å². The zero-order chi connectivity index (χ0) is 17.1. The zero-order valence-electron chi connectivity index (χ0n) is 13.1. The Hall–Kier alpha value is -2.73. The predicted molar refractivity (Wildman–Crippen MR) is 90.6 cm³/mol. The van der Waals surface area contributed by atoms with Crippen LogP contribution in [0.3, 0.4) is 0 Å². The molecule has 0 amide bonds. The molecule has 0 aliphatic rings. The SMILES string of the molecule is COC(=O)COc1ccc(-c2nc3ccc(Cl)cc3[nH]2)cc1OC. The largest absolute Gasteiger partial charge is 0.493 e. The summed E-state index contributed by atoms with van der Waals surface area (Å²) in [6.45, 7) is -0.185. The lowest BCUT2D eigenvalue weighted by Gasteiger charge is -2.10. The third-order valence-electron chi connectivity index (χ3n) is 3.45. The Balaban J connectivity index is 1.91. The van der Waals surface area contributed by atoms with Gasteiger partial charge in [0.05, 0.1) is 25.3 Å². The maximum Gasteiger partial charge on any atom is 0.343 e. The zero-order valence-corrected chi connectivity index (χ0v) is 13.9. The summed E-state index contributed by atoms with van der Waals surface area (Å²) >= 11 is 5.99. The van der Waals surface area contributed by atoms with Gasteiger partial charge in [-0.2, -0.15) is 0 Å². The van der Waals surface area contributed by atoms with Crippen molar-refractivity contribution in [1.29, 1.82) is 0 Å². The molecule has 0 saturated heterocycles. The molecule has 1 heterocycles. The number of carbonyl (C=O) groups excluding carboxylic acids is 1. The van der Waals surface area contributed by atoms with E-state index in [1.54, 1.807) is 18.2 Å². The van der Waals surface area contributed by atoms with Gasteiger partial charge in [0.25, 0.3) is 0 Å². The number of aromatic amines is 1. The summed E-state index contributed by atoms with van der Waals surface area (Å²) in [7, 11) is 2.84. The summed E-state index contributed by atoms with van der Waals surface area (Å²) in [5, 5.41) is 0.641. The number of nitrogens with zero attached hydrogens (tertiary/aromatic N) is 1. The fourth-order valence-corrected chi connectivity index (χ4v) is 2.42. The molecule has 0 radical (unpaired) electrons. The number of esters is 1. The molecule has 0 aliphatic heterocycles. The number of fused-ring (bicyclic) bond motifs is 1. The van der Waals surface area contributed by atoms with Crippen molar-refractivity contribution >= 4 is 28.6 Å². The quantitative estimate of drug-likeness (QED) is 0.716. The van der Waals surface area contributed by atoms with Crippen molar-refractivity contribution in [3.05, 3.63) is 41.4 Å². The van der Waals surface area contributed by atoms with E-state index in [2.05, 4.69) is 14.7 Å². The first kappa shape index (κ1) is 16.1. The smallest absolute Gasteiger partial charge is 0.343 e. The molecule has 6 nitrogen and oxygen atoms in total. The van der Waals surface area contributed by atoms with Gasteiger partial charge in [0, 0.05) is 10.6 Å². The molecule has 1 N–H and O–H groups in total. The number of hydrogen-bond acceptors (Lipinski definition) is 5. The Labute approximate surface area is 143 Å². The van der Waals surface area contributed by atoms with Crippen LogP contribution < -0.4 is 9.47 Å². The average molecular weight is 347 g/mol. The van der Waals surface area contributed by atoms with E-state index >= 15 is 0 Å². The summed E-state index contributed by atoms with van der Waals surface area (Å²) in [4.78, 5) is 18.9. The number of hydrogen-bond donors (Lipinski definition) is 1. The van der Waals surface area contributed by atoms with Crippen molar-refractivity contribution in [3.8, 4) is 22.9 Å². The van der Waals surface area contributed by atoms with Gasteiger partial charge in [-0.3, -0.25) is 0 Å². The molecule has 7 heteroatoms. The molecule has 2 aromatic carbocycles. The van der Waals surface area contributed by atoms with Crippen LogP contribution >= 0.6 is 11.6 Å². The number of nitrogens with one attached hydrogen (secondary N) is 1. The molecule has 1 aromatic heterocycles. The number of aromatic nitrogens is 2. The topological polar surface area (TPSA) is 73.4 Å². The molecule has 3 aromatic rings. The highest BCUT2D eigenvalue weighted by Crippen LogP contribution is 2.32. The van der Waals surface area contributed by atoms with Gasteiger partial charge in [-0.25, -0.2) is 9.78 Å². The summed E-state index contributed by atoms with van der Waals surface area (Å²) in [6.07, 6.45) is 0. The Morgan fingerprint density at radius 3 is 2.75 bits per heavy atom.